The Labute approximate surface area is 170 Å². The molecule has 1 unspecified atom stereocenters. The Morgan fingerprint density at radius 1 is 1.30 bits per heavy atom. The van der Waals surface area contributed by atoms with Crippen molar-refractivity contribution in [2.24, 2.45) is 12.5 Å². The smallest absolute Gasteiger partial charge is 0.475 e. The molecule has 1 atom stereocenters. The van der Waals surface area contributed by atoms with Crippen molar-refractivity contribution in [3.05, 3.63) is 36.0 Å². The number of carboxylic acids is 1. The first-order valence-electron chi connectivity index (χ1n) is 9.39. The van der Waals surface area contributed by atoms with E-state index in [1.165, 1.54) is 0 Å². The highest BCUT2D eigenvalue weighted by atomic mass is 19.4. The van der Waals surface area contributed by atoms with Crippen LogP contribution in [0.1, 0.15) is 24.4 Å². The van der Waals surface area contributed by atoms with Gasteiger partial charge in [-0.25, -0.2) is 4.79 Å². The molecule has 2 aliphatic rings. The van der Waals surface area contributed by atoms with Crippen molar-refractivity contribution < 1.29 is 32.3 Å². The lowest BCUT2D eigenvalue weighted by Crippen LogP contribution is -2.36. The van der Waals surface area contributed by atoms with Gasteiger partial charge in [-0.3, -0.25) is 14.4 Å². The van der Waals surface area contributed by atoms with Crippen LogP contribution in [0.15, 0.2) is 28.9 Å². The topological polar surface area (TPSA) is 91.8 Å². The summed E-state index contributed by atoms with van der Waals surface area (Å²) in [5.41, 5.74) is 0.687. The van der Waals surface area contributed by atoms with E-state index in [9.17, 15) is 18.0 Å². The van der Waals surface area contributed by atoms with E-state index in [4.69, 9.17) is 14.3 Å². The maximum Gasteiger partial charge on any atom is 0.490 e. The van der Waals surface area contributed by atoms with E-state index in [-0.39, 0.29) is 11.3 Å². The number of alkyl halides is 3. The summed E-state index contributed by atoms with van der Waals surface area (Å²) in [6.07, 6.45) is 0.460. The van der Waals surface area contributed by atoms with Crippen LogP contribution in [0.2, 0.25) is 0 Å². The summed E-state index contributed by atoms with van der Waals surface area (Å²) in [5, 5.41) is 11.3. The Kier molecular flexibility index (Phi) is 5.93. The second-order valence-electron chi connectivity index (χ2n) is 7.64. The predicted molar refractivity (Wildman–Crippen MR) is 99.6 cm³/mol. The number of hydrogen-bond donors (Lipinski definition) is 1. The Hall–Kier alpha value is -2.82. The standard InChI is InChI=1S/C17H22N4O2.C2HF3O2/c1-13-3-4-15(23-13)11-20-7-5-17(12-20)6-8-21(16(17)22)14-9-18-19(2)10-14;3-2(4,5)1(6)7/h3-4,9-10H,5-8,11-12H2,1-2H3;(H,6,7). The van der Waals surface area contributed by atoms with Crippen molar-refractivity contribution in [2.45, 2.75) is 32.5 Å². The van der Waals surface area contributed by atoms with Crippen molar-refractivity contribution in [3.8, 4) is 0 Å². The number of aryl methyl sites for hydroxylation is 2. The molecule has 2 fully saturated rings. The van der Waals surface area contributed by atoms with Crippen molar-refractivity contribution in [3.63, 3.8) is 0 Å². The molecular weight excluding hydrogens is 405 g/mol. The number of rotatable bonds is 3. The second-order valence-corrected chi connectivity index (χ2v) is 7.64. The van der Waals surface area contributed by atoms with Crippen molar-refractivity contribution in [1.82, 2.24) is 14.7 Å². The van der Waals surface area contributed by atoms with Crippen LogP contribution < -0.4 is 4.90 Å². The first kappa shape index (κ1) is 21.9. The Morgan fingerprint density at radius 2 is 1.97 bits per heavy atom. The van der Waals surface area contributed by atoms with Crippen LogP contribution in [-0.4, -0.2) is 57.5 Å². The summed E-state index contributed by atoms with van der Waals surface area (Å²) >= 11 is 0. The Balaban J connectivity index is 0.000000318. The molecule has 0 bridgehead atoms. The summed E-state index contributed by atoms with van der Waals surface area (Å²) in [6.45, 7) is 5.31. The highest BCUT2D eigenvalue weighted by molar-refractivity contribution is 6.00. The monoisotopic (exact) mass is 428 g/mol. The molecule has 164 valence electrons. The van der Waals surface area contributed by atoms with Gasteiger partial charge in [-0.1, -0.05) is 0 Å². The molecule has 1 amide bonds. The number of aliphatic carboxylic acids is 1. The van der Waals surface area contributed by atoms with Crippen LogP contribution in [0.5, 0.6) is 0 Å². The van der Waals surface area contributed by atoms with E-state index in [2.05, 4.69) is 10.00 Å². The minimum Gasteiger partial charge on any atom is -0.475 e. The summed E-state index contributed by atoms with van der Waals surface area (Å²) in [4.78, 5) is 26.1. The SMILES string of the molecule is Cc1ccc(CN2CCC3(CCN(c4cnn(C)c4)C3=O)C2)o1.O=C(O)C(F)(F)F. The minimum atomic E-state index is -5.08. The van der Waals surface area contributed by atoms with Crippen LogP contribution >= 0.6 is 0 Å². The fraction of sp³-hybridized carbons (Fsp3) is 0.526. The molecule has 2 saturated heterocycles. The number of aromatic nitrogens is 2. The molecule has 11 heteroatoms. The minimum absolute atomic E-state index is 0.225. The second kappa shape index (κ2) is 8.13. The molecule has 2 aliphatic heterocycles. The van der Waals surface area contributed by atoms with Gasteiger partial charge >= 0.3 is 12.1 Å². The van der Waals surface area contributed by atoms with Crippen LogP contribution in [0.3, 0.4) is 0 Å². The normalized spacial score (nSPS) is 21.9. The lowest BCUT2D eigenvalue weighted by atomic mass is 9.85. The highest BCUT2D eigenvalue weighted by Crippen LogP contribution is 2.42. The third-order valence-corrected chi connectivity index (χ3v) is 5.37. The van der Waals surface area contributed by atoms with Gasteiger partial charge in [0, 0.05) is 26.3 Å². The van der Waals surface area contributed by atoms with Crippen molar-refractivity contribution in [2.75, 3.05) is 24.5 Å². The average molecular weight is 428 g/mol. The van der Waals surface area contributed by atoms with E-state index in [0.717, 1.165) is 56.2 Å². The van der Waals surface area contributed by atoms with Gasteiger partial charge < -0.3 is 14.4 Å². The molecule has 0 saturated carbocycles. The van der Waals surface area contributed by atoms with E-state index < -0.39 is 12.1 Å². The summed E-state index contributed by atoms with van der Waals surface area (Å²) in [5.74, 6) is -0.584. The number of amides is 1. The van der Waals surface area contributed by atoms with Crippen LogP contribution in [0, 0.1) is 12.3 Å². The first-order chi connectivity index (χ1) is 14.0. The zero-order valence-electron chi connectivity index (χ0n) is 16.6. The predicted octanol–water partition coefficient (Wildman–Crippen LogP) is 2.58. The zero-order chi connectivity index (χ0) is 22.1. The summed E-state index contributed by atoms with van der Waals surface area (Å²) in [6, 6.07) is 4.02. The number of carboxylic acid groups (broad SMARTS) is 1. The van der Waals surface area contributed by atoms with E-state index >= 15 is 0 Å². The van der Waals surface area contributed by atoms with Crippen LogP contribution in [0.25, 0.3) is 0 Å². The molecule has 0 radical (unpaired) electrons. The third-order valence-electron chi connectivity index (χ3n) is 5.37. The number of carbonyl (C=O) groups excluding carboxylic acids is 1. The highest BCUT2D eigenvalue weighted by Gasteiger charge is 2.51. The third kappa shape index (κ3) is 4.66. The fourth-order valence-corrected chi connectivity index (χ4v) is 3.88. The summed E-state index contributed by atoms with van der Waals surface area (Å²) in [7, 11) is 1.88. The van der Waals surface area contributed by atoms with Crippen LogP contribution in [-0.2, 0) is 23.2 Å². The Bertz CT molecular complexity index is 923. The van der Waals surface area contributed by atoms with E-state index in [0.29, 0.717) is 0 Å². The average Bonchev–Trinajstić information content (AvgIpc) is 3.41. The van der Waals surface area contributed by atoms with Gasteiger partial charge in [-0.15, -0.1) is 0 Å². The number of halogens is 3. The number of carbonyl (C=O) groups is 2. The van der Waals surface area contributed by atoms with E-state index in [1.54, 1.807) is 10.9 Å². The molecule has 4 heterocycles. The number of furan rings is 1. The molecule has 0 aliphatic carbocycles. The lowest BCUT2D eigenvalue weighted by molar-refractivity contribution is -0.192. The molecular formula is C19H23F3N4O4. The quantitative estimate of drug-likeness (QED) is 0.808. The van der Waals surface area contributed by atoms with Crippen molar-refractivity contribution >= 4 is 17.6 Å². The number of likely N-dealkylation sites (tertiary alicyclic amines) is 1. The number of hydrogen-bond acceptors (Lipinski definition) is 5. The van der Waals surface area contributed by atoms with Crippen LogP contribution in [0.4, 0.5) is 18.9 Å². The maximum absolute atomic E-state index is 13.0. The van der Waals surface area contributed by atoms with Gasteiger partial charge in [0.05, 0.1) is 23.8 Å². The van der Waals surface area contributed by atoms with Gasteiger partial charge in [-0.05, 0) is 38.4 Å². The van der Waals surface area contributed by atoms with Gasteiger partial charge in [0.15, 0.2) is 0 Å². The fourth-order valence-electron chi connectivity index (χ4n) is 3.88. The molecule has 2 aromatic heterocycles. The van der Waals surface area contributed by atoms with Gasteiger partial charge in [0.2, 0.25) is 5.91 Å². The number of nitrogens with zero attached hydrogens (tertiary/aromatic N) is 4. The molecule has 0 aromatic carbocycles. The first-order valence-corrected chi connectivity index (χ1v) is 9.39. The maximum atomic E-state index is 13.0. The molecule has 4 rings (SSSR count). The largest absolute Gasteiger partial charge is 0.490 e. The molecule has 30 heavy (non-hydrogen) atoms. The Morgan fingerprint density at radius 3 is 2.50 bits per heavy atom. The summed E-state index contributed by atoms with van der Waals surface area (Å²) < 4.78 is 39.1. The molecule has 2 aromatic rings. The van der Waals surface area contributed by atoms with Gasteiger partial charge in [0.1, 0.15) is 11.5 Å². The molecule has 1 N–H and O–H groups in total. The zero-order valence-corrected chi connectivity index (χ0v) is 16.6. The number of anilines is 1. The molecule has 8 nitrogen and oxygen atoms in total. The molecule has 1 spiro atoms. The lowest BCUT2D eigenvalue weighted by Gasteiger charge is -2.22. The van der Waals surface area contributed by atoms with Gasteiger partial charge in [0.25, 0.3) is 0 Å². The van der Waals surface area contributed by atoms with Gasteiger partial charge in [-0.2, -0.15) is 18.3 Å². The van der Waals surface area contributed by atoms with E-state index in [1.807, 2.05) is 37.2 Å². The van der Waals surface area contributed by atoms with Crippen molar-refractivity contribution in [1.29, 1.82) is 0 Å².